The normalized spacial score (nSPS) is 17.5. The van der Waals surface area contributed by atoms with Crippen LogP contribution in [0.25, 0.3) is 11.3 Å². The van der Waals surface area contributed by atoms with Crippen molar-refractivity contribution in [3.8, 4) is 11.3 Å². The average Bonchev–Trinajstić information content (AvgIpc) is 3.23. The minimum atomic E-state index is 0.0892. The zero-order valence-corrected chi connectivity index (χ0v) is 12.7. The summed E-state index contributed by atoms with van der Waals surface area (Å²) < 4.78 is 5.50. The summed E-state index contributed by atoms with van der Waals surface area (Å²) in [6.07, 6.45) is 3.59. The summed E-state index contributed by atoms with van der Waals surface area (Å²) in [5.41, 5.74) is 3.35. The second-order valence-corrected chi connectivity index (χ2v) is 5.70. The Morgan fingerprint density at radius 2 is 2.09 bits per heavy atom. The van der Waals surface area contributed by atoms with Crippen molar-refractivity contribution in [1.82, 2.24) is 10.3 Å². The maximum absolute atomic E-state index is 11.9. The molecule has 0 unspecified atom stereocenters. The van der Waals surface area contributed by atoms with E-state index in [1.165, 1.54) is 0 Å². The molecule has 2 N–H and O–H groups in total. The SMILES string of the molecule is O=C(CCc1ccc(-c2ccccc2)[nH]1)NC[C@H]1CCCO1. The summed E-state index contributed by atoms with van der Waals surface area (Å²) in [4.78, 5) is 15.2. The van der Waals surface area contributed by atoms with Crippen molar-refractivity contribution in [2.45, 2.75) is 31.8 Å². The van der Waals surface area contributed by atoms with E-state index in [1.54, 1.807) is 0 Å². The van der Waals surface area contributed by atoms with Crippen molar-refractivity contribution in [2.75, 3.05) is 13.2 Å². The highest BCUT2D eigenvalue weighted by atomic mass is 16.5. The van der Waals surface area contributed by atoms with Crippen LogP contribution in [-0.4, -0.2) is 30.1 Å². The molecule has 4 heteroatoms. The highest BCUT2D eigenvalue weighted by molar-refractivity contribution is 5.76. The number of carbonyl (C=O) groups is 1. The van der Waals surface area contributed by atoms with Gasteiger partial charge in [0.2, 0.25) is 5.91 Å². The smallest absolute Gasteiger partial charge is 0.220 e. The molecule has 0 spiro atoms. The number of rotatable bonds is 6. The highest BCUT2D eigenvalue weighted by Crippen LogP contribution is 2.18. The molecule has 2 aromatic rings. The molecule has 2 heterocycles. The van der Waals surface area contributed by atoms with Crippen LogP contribution in [0.2, 0.25) is 0 Å². The quantitative estimate of drug-likeness (QED) is 0.861. The standard InChI is InChI=1S/C18H22N2O2/c21-18(19-13-16-7-4-12-22-16)11-9-15-8-10-17(20-15)14-5-2-1-3-6-14/h1-3,5-6,8,10,16,20H,4,7,9,11-13H2,(H,19,21)/t16-/m1/s1. The molecule has 1 fully saturated rings. The van der Waals surface area contributed by atoms with Gasteiger partial charge in [0.25, 0.3) is 0 Å². The summed E-state index contributed by atoms with van der Waals surface area (Å²) in [6.45, 7) is 1.46. The zero-order valence-electron chi connectivity index (χ0n) is 12.7. The van der Waals surface area contributed by atoms with E-state index in [-0.39, 0.29) is 12.0 Å². The third-order valence-electron chi connectivity index (χ3n) is 4.00. The lowest BCUT2D eigenvalue weighted by Crippen LogP contribution is -2.31. The van der Waals surface area contributed by atoms with Gasteiger partial charge >= 0.3 is 0 Å². The molecular formula is C18H22N2O2. The van der Waals surface area contributed by atoms with Crippen LogP contribution in [0.4, 0.5) is 0 Å². The Morgan fingerprint density at radius 1 is 1.23 bits per heavy atom. The number of aryl methyl sites for hydroxylation is 1. The summed E-state index contributed by atoms with van der Waals surface area (Å²) >= 11 is 0. The van der Waals surface area contributed by atoms with Gasteiger partial charge in [0.05, 0.1) is 6.10 Å². The fourth-order valence-electron chi connectivity index (χ4n) is 2.74. The molecule has 1 amide bonds. The number of benzene rings is 1. The van der Waals surface area contributed by atoms with E-state index < -0.39 is 0 Å². The minimum absolute atomic E-state index is 0.0892. The molecule has 1 aliphatic heterocycles. The van der Waals surface area contributed by atoms with Crippen LogP contribution in [0.15, 0.2) is 42.5 Å². The summed E-state index contributed by atoms with van der Waals surface area (Å²) in [5.74, 6) is 0.0892. The number of carbonyl (C=O) groups excluding carboxylic acids is 1. The Hall–Kier alpha value is -2.07. The van der Waals surface area contributed by atoms with Crippen molar-refractivity contribution in [3.63, 3.8) is 0 Å². The van der Waals surface area contributed by atoms with Gasteiger partial charge in [-0.3, -0.25) is 4.79 Å². The number of aromatic nitrogens is 1. The van der Waals surface area contributed by atoms with Crippen LogP contribution in [0, 0.1) is 0 Å². The van der Waals surface area contributed by atoms with Crippen LogP contribution in [0.5, 0.6) is 0 Å². The predicted molar refractivity (Wildman–Crippen MR) is 86.5 cm³/mol. The number of ether oxygens (including phenoxy) is 1. The number of H-pyrrole nitrogens is 1. The Bertz CT molecular complexity index is 601. The minimum Gasteiger partial charge on any atom is -0.376 e. The maximum atomic E-state index is 11.9. The first-order valence-electron chi connectivity index (χ1n) is 7.93. The lowest BCUT2D eigenvalue weighted by atomic mass is 10.2. The van der Waals surface area contributed by atoms with Gasteiger partial charge < -0.3 is 15.0 Å². The van der Waals surface area contributed by atoms with E-state index in [2.05, 4.69) is 34.6 Å². The van der Waals surface area contributed by atoms with Crippen molar-refractivity contribution >= 4 is 5.91 Å². The summed E-state index contributed by atoms with van der Waals surface area (Å²) in [6, 6.07) is 14.3. The second kappa shape index (κ2) is 7.27. The van der Waals surface area contributed by atoms with E-state index in [0.717, 1.165) is 42.8 Å². The van der Waals surface area contributed by atoms with Crippen molar-refractivity contribution in [1.29, 1.82) is 0 Å². The molecule has 116 valence electrons. The van der Waals surface area contributed by atoms with E-state index in [4.69, 9.17) is 4.74 Å². The molecule has 0 radical (unpaired) electrons. The Kier molecular flexibility index (Phi) is 4.91. The molecular weight excluding hydrogens is 276 g/mol. The number of hydrogen-bond donors (Lipinski definition) is 2. The molecule has 1 saturated heterocycles. The van der Waals surface area contributed by atoms with Gasteiger partial charge in [0, 0.05) is 31.0 Å². The molecule has 22 heavy (non-hydrogen) atoms. The van der Waals surface area contributed by atoms with Crippen LogP contribution >= 0.6 is 0 Å². The molecule has 0 aliphatic carbocycles. The van der Waals surface area contributed by atoms with Crippen molar-refractivity contribution < 1.29 is 9.53 Å². The number of amides is 1. The van der Waals surface area contributed by atoms with Gasteiger partial charge in [0.1, 0.15) is 0 Å². The van der Waals surface area contributed by atoms with Crippen LogP contribution < -0.4 is 5.32 Å². The first-order valence-corrected chi connectivity index (χ1v) is 7.93. The third kappa shape index (κ3) is 3.98. The molecule has 0 bridgehead atoms. The number of hydrogen-bond acceptors (Lipinski definition) is 2. The molecule has 1 aromatic carbocycles. The predicted octanol–water partition coefficient (Wildman–Crippen LogP) is 2.91. The van der Waals surface area contributed by atoms with E-state index in [1.807, 2.05) is 18.2 Å². The van der Waals surface area contributed by atoms with Gasteiger partial charge in [-0.05, 0) is 37.0 Å². The van der Waals surface area contributed by atoms with E-state index >= 15 is 0 Å². The van der Waals surface area contributed by atoms with E-state index in [0.29, 0.717) is 13.0 Å². The Balaban J connectivity index is 1.45. The summed E-state index contributed by atoms with van der Waals surface area (Å²) in [7, 11) is 0. The fraction of sp³-hybridized carbons (Fsp3) is 0.389. The van der Waals surface area contributed by atoms with Gasteiger partial charge in [-0.2, -0.15) is 0 Å². The van der Waals surface area contributed by atoms with Gasteiger partial charge in [-0.1, -0.05) is 30.3 Å². The average molecular weight is 298 g/mol. The van der Waals surface area contributed by atoms with Gasteiger partial charge in [-0.25, -0.2) is 0 Å². The first-order chi connectivity index (χ1) is 10.8. The van der Waals surface area contributed by atoms with Crippen LogP contribution in [0.1, 0.15) is 25.0 Å². The maximum Gasteiger partial charge on any atom is 0.220 e. The van der Waals surface area contributed by atoms with Crippen LogP contribution in [-0.2, 0) is 16.0 Å². The molecule has 0 saturated carbocycles. The van der Waals surface area contributed by atoms with Gasteiger partial charge in [-0.15, -0.1) is 0 Å². The molecule has 4 nitrogen and oxygen atoms in total. The van der Waals surface area contributed by atoms with Crippen molar-refractivity contribution in [3.05, 3.63) is 48.2 Å². The topological polar surface area (TPSA) is 54.1 Å². The Labute approximate surface area is 130 Å². The first kappa shape index (κ1) is 14.9. The summed E-state index contributed by atoms with van der Waals surface area (Å²) in [5, 5.41) is 2.96. The lowest BCUT2D eigenvalue weighted by Gasteiger charge is -2.10. The highest BCUT2D eigenvalue weighted by Gasteiger charge is 2.16. The third-order valence-corrected chi connectivity index (χ3v) is 4.00. The molecule has 3 rings (SSSR count). The second-order valence-electron chi connectivity index (χ2n) is 5.70. The number of aromatic amines is 1. The largest absolute Gasteiger partial charge is 0.376 e. The molecule has 1 atom stereocenters. The van der Waals surface area contributed by atoms with Crippen LogP contribution in [0.3, 0.4) is 0 Å². The van der Waals surface area contributed by atoms with E-state index in [9.17, 15) is 4.79 Å². The van der Waals surface area contributed by atoms with Gasteiger partial charge in [0.15, 0.2) is 0 Å². The monoisotopic (exact) mass is 298 g/mol. The fourth-order valence-corrected chi connectivity index (χ4v) is 2.74. The molecule has 1 aromatic heterocycles. The number of nitrogens with one attached hydrogen (secondary N) is 2. The molecule has 1 aliphatic rings. The van der Waals surface area contributed by atoms with Crippen molar-refractivity contribution in [2.24, 2.45) is 0 Å². The lowest BCUT2D eigenvalue weighted by molar-refractivity contribution is -0.121. The Morgan fingerprint density at radius 3 is 2.86 bits per heavy atom. The zero-order chi connectivity index (χ0) is 15.2.